The molecule has 0 N–H and O–H groups in total. The highest BCUT2D eigenvalue weighted by molar-refractivity contribution is 6.21. The summed E-state index contributed by atoms with van der Waals surface area (Å²) in [6, 6.07) is 70.7. The Morgan fingerprint density at radius 2 is 0.583 bits per heavy atom. The lowest BCUT2D eigenvalue weighted by molar-refractivity contribution is 1.58. The molecular formula is C48H32. The van der Waals surface area contributed by atoms with Crippen molar-refractivity contribution in [2.75, 3.05) is 0 Å². The zero-order valence-electron chi connectivity index (χ0n) is 26.5. The average Bonchev–Trinajstić information content (AvgIpc) is 3.17. The lowest BCUT2D eigenvalue weighted by Crippen LogP contribution is -1.91. The van der Waals surface area contributed by atoms with E-state index in [0.717, 1.165) is 0 Å². The Balaban J connectivity index is 1.16. The third-order valence-corrected chi connectivity index (χ3v) is 9.68. The molecule has 0 saturated heterocycles. The Morgan fingerprint density at radius 3 is 1.12 bits per heavy atom. The predicted molar refractivity (Wildman–Crippen MR) is 206 cm³/mol. The molecule has 0 atom stereocenters. The van der Waals surface area contributed by atoms with Crippen molar-refractivity contribution < 1.29 is 0 Å². The van der Waals surface area contributed by atoms with Crippen LogP contribution in [0.4, 0.5) is 0 Å². The van der Waals surface area contributed by atoms with Crippen molar-refractivity contribution >= 4 is 32.3 Å². The normalized spacial score (nSPS) is 11.3. The van der Waals surface area contributed by atoms with Gasteiger partial charge in [-0.05, 0) is 94.0 Å². The molecule has 0 saturated carbocycles. The van der Waals surface area contributed by atoms with E-state index in [1.807, 2.05) is 0 Å². The zero-order chi connectivity index (χ0) is 31.9. The number of hydrogen-bond acceptors (Lipinski definition) is 0. The van der Waals surface area contributed by atoms with Crippen molar-refractivity contribution in [1.29, 1.82) is 0 Å². The van der Waals surface area contributed by atoms with Gasteiger partial charge in [-0.15, -0.1) is 0 Å². The van der Waals surface area contributed by atoms with E-state index in [-0.39, 0.29) is 0 Å². The van der Waals surface area contributed by atoms with Gasteiger partial charge in [0.2, 0.25) is 0 Å². The third-order valence-electron chi connectivity index (χ3n) is 9.68. The average molecular weight is 609 g/mol. The van der Waals surface area contributed by atoms with Gasteiger partial charge in [0.05, 0.1) is 0 Å². The molecule has 0 spiro atoms. The van der Waals surface area contributed by atoms with Gasteiger partial charge in [-0.25, -0.2) is 0 Å². The van der Waals surface area contributed by atoms with Crippen molar-refractivity contribution in [3.8, 4) is 55.6 Å². The molecule has 9 aromatic carbocycles. The third kappa shape index (κ3) is 4.87. The molecular weight excluding hydrogens is 577 g/mol. The number of hydrogen-bond donors (Lipinski definition) is 0. The van der Waals surface area contributed by atoms with E-state index in [1.54, 1.807) is 0 Å². The smallest absolute Gasteiger partial charge is 0.00264 e. The van der Waals surface area contributed by atoms with E-state index < -0.39 is 0 Å². The Morgan fingerprint density at radius 1 is 0.208 bits per heavy atom. The van der Waals surface area contributed by atoms with Crippen LogP contribution < -0.4 is 0 Å². The molecule has 0 radical (unpaired) electrons. The lowest BCUT2D eigenvalue weighted by atomic mass is 9.85. The maximum atomic E-state index is 2.29. The minimum atomic E-state index is 1.22. The van der Waals surface area contributed by atoms with E-state index in [2.05, 4.69) is 194 Å². The standard InChI is InChI=1S/C48H32/c1-2-13-35(14-3-1)41-16-6-7-17-42(41)36-25-29-38(30-26-36)48-45-20-10-8-18-43(45)47(44-19-9-11-21-46(44)48)37-27-22-34(23-28-37)40-31-24-33-12-4-5-15-39(33)32-40/h1-32H. The molecule has 0 bridgehead atoms. The highest BCUT2D eigenvalue weighted by Crippen LogP contribution is 2.44. The summed E-state index contributed by atoms with van der Waals surface area (Å²) in [5.41, 5.74) is 12.4. The molecule has 0 aliphatic rings. The van der Waals surface area contributed by atoms with Crippen LogP contribution in [0.3, 0.4) is 0 Å². The van der Waals surface area contributed by atoms with E-state index in [4.69, 9.17) is 0 Å². The molecule has 0 nitrogen and oxygen atoms in total. The quantitative estimate of drug-likeness (QED) is 0.171. The van der Waals surface area contributed by atoms with Crippen LogP contribution in [0.2, 0.25) is 0 Å². The summed E-state index contributed by atoms with van der Waals surface area (Å²) in [6.07, 6.45) is 0. The first-order chi connectivity index (χ1) is 23.8. The summed E-state index contributed by atoms with van der Waals surface area (Å²) in [6.45, 7) is 0. The zero-order valence-corrected chi connectivity index (χ0v) is 26.5. The minimum absolute atomic E-state index is 1.22. The topological polar surface area (TPSA) is 0 Å². The first-order valence-corrected chi connectivity index (χ1v) is 16.6. The van der Waals surface area contributed by atoms with Crippen LogP contribution in [0.15, 0.2) is 194 Å². The molecule has 0 aromatic heterocycles. The van der Waals surface area contributed by atoms with Gasteiger partial charge < -0.3 is 0 Å². The highest BCUT2D eigenvalue weighted by atomic mass is 14.2. The summed E-state index contributed by atoms with van der Waals surface area (Å²) in [5, 5.41) is 7.60. The predicted octanol–water partition coefficient (Wildman–Crippen LogP) is 13.5. The van der Waals surface area contributed by atoms with Crippen molar-refractivity contribution in [3.63, 3.8) is 0 Å². The fourth-order valence-electron chi connectivity index (χ4n) is 7.37. The Kier molecular flexibility index (Phi) is 6.91. The van der Waals surface area contributed by atoms with Gasteiger partial charge in [0.15, 0.2) is 0 Å². The van der Waals surface area contributed by atoms with E-state index in [1.165, 1.54) is 88.0 Å². The second-order valence-corrected chi connectivity index (χ2v) is 12.5. The van der Waals surface area contributed by atoms with Crippen LogP contribution >= 0.6 is 0 Å². The van der Waals surface area contributed by atoms with Crippen LogP contribution in [-0.4, -0.2) is 0 Å². The summed E-state index contributed by atoms with van der Waals surface area (Å²) in [7, 11) is 0. The second-order valence-electron chi connectivity index (χ2n) is 12.5. The van der Waals surface area contributed by atoms with E-state index in [9.17, 15) is 0 Å². The first-order valence-electron chi connectivity index (χ1n) is 16.6. The lowest BCUT2D eigenvalue weighted by Gasteiger charge is -2.18. The van der Waals surface area contributed by atoms with Crippen molar-refractivity contribution in [1.82, 2.24) is 0 Å². The second kappa shape index (κ2) is 11.8. The molecule has 48 heavy (non-hydrogen) atoms. The first kappa shape index (κ1) is 28.0. The Hall–Kier alpha value is -6.24. The fourth-order valence-corrected chi connectivity index (χ4v) is 7.37. The molecule has 224 valence electrons. The Bertz CT molecular complexity index is 2520. The van der Waals surface area contributed by atoms with Gasteiger partial charge in [-0.2, -0.15) is 0 Å². The SMILES string of the molecule is c1ccc(-c2ccccc2-c2ccc(-c3c4ccccc4c(-c4ccc(-c5ccc6ccccc6c5)cc4)c4ccccc34)cc2)cc1. The van der Waals surface area contributed by atoms with Gasteiger partial charge in [0.1, 0.15) is 0 Å². The summed E-state index contributed by atoms with van der Waals surface area (Å²) < 4.78 is 0. The minimum Gasteiger partial charge on any atom is -0.0622 e. The van der Waals surface area contributed by atoms with Crippen LogP contribution in [0.25, 0.3) is 88.0 Å². The van der Waals surface area contributed by atoms with Crippen molar-refractivity contribution in [2.45, 2.75) is 0 Å². The Labute approximate surface area is 281 Å². The fraction of sp³-hybridized carbons (Fsp3) is 0. The molecule has 0 unspecified atom stereocenters. The highest BCUT2D eigenvalue weighted by Gasteiger charge is 2.17. The molecule has 9 aromatic rings. The van der Waals surface area contributed by atoms with E-state index >= 15 is 0 Å². The maximum absolute atomic E-state index is 2.29. The monoisotopic (exact) mass is 608 g/mol. The summed E-state index contributed by atoms with van der Waals surface area (Å²) in [4.78, 5) is 0. The molecule has 0 amide bonds. The number of rotatable bonds is 5. The molecule has 9 rings (SSSR count). The van der Waals surface area contributed by atoms with Crippen molar-refractivity contribution in [2.24, 2.45) is 0 Å². The molecule has 0 aliphatic heterocycles. The summed E-state index contributed by atoms with van der Waals surface area (Å²) in [5.74, 6) is 0. The molecule has 0 fully saturated rings. The van der Waals surface area contributed by atoms with E-state index in [0.29, 0.717) is 0 Å². The number of benzene rings is 9. The summed E-state index contributed by atoms with van der Waals surface area (Å²) >= 11 is 0. The van der Waals surface area contributed by atoms with Crippen molar-refractivity contribution in [3.05, 3.63) is 194 Å². The molecule has 0 heteroatoms. The van der Waals surface area contributed by atoms with Gasteiger partial charge >= 0.3 is 0 Å². The van der Waals surface area contributed by atoms with Crippen LogP contribution in [0.5, 0.6) is 0 Å². The van der Waals surface area contributed by atoms with Gasteiger partial charge in [0.25, 0.3) is 0 Å². The molecule has 0 aliphatic carbocycles. The maximum Gasteiger partial charge on any atom is -0.00264 e. The van der Waals surface area contributed by atoms with Gasteiger partial charge in [-0.1, -0.05) is 188 Å². The molecule has 0 heterocycles. The van der Waals surface area contributed by atoms with Crippen LogP contribution in [-0.2, 0) is 0 Å². The van der Waals surface area contributed by atoms with Gasteiger partial charge in [-0.3, -0.25) is 0 Å². The van der Waals surface area contributed by atoms with Crippen LogP contribution in [0.1, 0.15) is 0 Å². The largest absolute Gasteiger partial charge is 0.0622 e. The van der Waals surface area contributed by atoms with Gasteiger partial charge in [0, 0.05) is 0 Å². The van der Waals surface area contributed by atoms with Crippen LogP contribution in [0, 0.1) is 0 Å². The number of fused-ring (bicyclic) bond motifs is 3.